The van der Waals surface area contributed by atoms with E-state index in [-0.39, 0.29) is 0 Å². The van der Waals surface area contributed by atoms with Crippen LogP contribution in [0.15, 0.2) is 18.6 Å². The normalized spacial score (nSPS) is 10.5. The Morgan fingerprint density at radius 3 is 3.08 bits per heavy atom. The van der Waals surface area contributed by atoms with Gasteiger partial charge in [0.1, 0.15) is 0 Å². The summed E-state index contributed by atoms with van der Waals surface area (Å²) in [6.07, 6.45) is 5.62. The average molecular weight is 162 g/mol. The number of nitrogens with zero attached hydrogens (tertiary/aromatic N) is 3. The van der Waals surface area contributed by atoms with Gasteiger partial charge in [0.15, 0.2) is 11.5 Å². The fourth-order valence-corrected chi connectivity index (χ4v) is 1.22. The number of hydrogen-bond donors (Lipinski definition) is 1. The molecule has 0 aromatic carbocycles. The molecule has 0 aliphatic heterocycles. The van der Waals surface area contributed by atoms with E-state index in [0.29, 0.717) is 0 Å². The van der Waals surface area contributed by atoms with Crippen LogP contribution in [0.2, 0.25) is 0 Å². The fraction of sp³-hybridized carbons (Fsp3) is 0.250. The molecule has 0 aliphatic carbocycles. The summed E-state index contributed by atoms with van der Waals surface area (Å²) in [6, 6.07) is 0. The third-order valence-electron chi connectivity index (χ3n) is 1.73. The molecular weight excluding hydrogens is 152 g/mol. The first-order valence-electron chi connectivity index (χ1n) is 3.79. The van der Waals surface area contributed by atoms with Crippen molar-refractivity contribution in [3.05, 3.63) is 24.3 Å². The molecule has 0 bridgehead atoms. The van der Waals surface area contributed by atoms with Crippen LogP contribution in [-0.2, 0) is 0 Å². The van der Waals surface area contributed by atoms with E-state index in [1.54, 1.807) is 6.20 Å². The summed E-state index contributed by atoms with van der Waals surface area (Å²) in [5.74, 6) is 0.819. The van der Waals surface area contributed by atoms with Gasteiger partial charge in [-0.15, -0.1) is 0 Å². The van der Waals surface area contributed by atoms with E-state index in [0.717, 1.165) is 17.2 Å². The molecule has 0 spiro atoms. The summed E-state index contributed by atoms with van der Waals surface area (Å²) in [7, 11) is 1.84. The Kier molecular flexibility index (Phi) is 1.46. The summed E-state index contributed by atoms with van der Waals surface area (Å²) >= 11 is 0. The molecule has 0 fully saturated rings. The van der Waals surface area contributed by atoms with Gasteiger partial charge in [-0.2, -0.15) is 0 Å². The molecule has 0 unspecified atom stereocenters. The Labute approximate surface area is 70.3 Å². The van der Waals surface area contributed by atoms with E-state index in [1.165, 1.54) is 0 Å². The van der Waals surface area contributed by atoms with Crippen molar-refractivity contribution in [1.29, 1.82) is 0 Å². The Bertz CT molecular complexity index is 404. The minimum absolute atomic E-state index is 0.819. The van der Waals surface area contributed by atoms with E-state index in [1.807, 2.05) is 30.8 Å². The van der Waals surface area contributed by atoms with Crippen molar-refractivity contribution in [3.63, 3.8) is 0 Å². The highest BCUT2D eigenvalue weighted by atomic mass is 15.1. The lowest BCUT2D eigenvalue weighted by atomic mass is 10.5. The molecule has 2 rings (SSSR count). The zero-order chi connectivity index (χ0) is 8.55. The van der Waals surface area contributed by atoms with Crippen LogP contribution in [-0.4, -0.2) is 21.4 Å². The zero-order valence-electron chi connectivity index (χ0n) is 7.07. The Morgan fingerprint density at radius 2 is 2.33 bits per heavy atom. The Morgan fingerprint density at radius 1 is 1.50 bits per heavy atom. The number of aromatic nitrogens is 3. The second kappa shape index (κ2) is 2.48. The number of anilines is 1. The van der Waals surface area contributed by atoms with Gasteiger partial charge in [-0.25, -0.2) is 9.97 Å². The first-order chi connectivity index (χ1) is 5.81. The number of aryl methyl sites for hydroxylation is 1. The third kappa shape index (κ3) is 0.922. The van der Waals surface area contributed by atoms with Crippen LogP contribution in [0, 0.1) is 6.92 Å². The second-order valence-electron chi connectivity index (χ2n) is 2.64. The lowest BCUT2D eigenvalue weighted by Crippen LogP contribution is -1.98. The van der Waals surface area contributed by atoms with Gasteiger partial charge < -0.3 is 9.72 Å². The zero-order valence-corrected chi connectivity index (χ0v) is 7.07. The van der Waals surface area contributed by atoms with Crippen molar-refractivity contribution in [3.8, 4) is 0 Å². The Balaban J connectivity index is 2.80. The molecule has 0 atom stereocenters. The molecule has 2 aromatic rings. The van der Waals surface area contributed by atoms with Crippen LogP contribution in [0.1, 0.15) is 5.69 Å². The maximum atomic E-state index is 4.30. The highest BCUT2D eigenvalue weighted by Gasteiger charge is 2.01. The van der Waals surface area contributed by atoms with E-state index < -0.39 is 0 Å². The number of imidazole rings is 1. The molecule has 0 saturated carbocycles. The summed E-state index contributed by atoms with van der Waals surface area (Å²) in [5, 5.41) is 3.00. The van der Waals surface area contributed by atoms with Gasteiger partial charge >= 0.3 is 0 Å². The summed E-state index contributed by atoms with van der Waals surface area (Å²) in [4.78, 5) is 8.47. The van der Waals surface area contributed by atoms with Gasteiger partial charge in [0, 0.05) is 25.6 Å². The van der Waals surface area contributed by atoms with Gasteiger partial charge in [0.25, 0.3) is 0 Å². The molecule has 0 saturated heterocycles. The quantitative estimate of drug-likeness (QED) is 0.682. The third-order valence-corrected chi connectivity index (χ3v) is 1.73. The van der Waals surface area contributed by atoms with Crippen LogP contribution >= 0.6 is 0 Å². The van der Waals surface area contributed by atoms with Crippen molar-refractivity contribution in [2.45, 2.75) is 6.92 Å². The van der Waals surface area contributed by atoms with Crippen molar-refractivity contribution in [2.24, 2.45) is 0 Å². The van der Waals surface area contributed by atoms with Crippen LogP contribution in [0.25, 0.3) is 5.65 Å². The van der Waals surface area contributed by atoms with E-state index in [4.69, 9.17) is 0 Å². The topological polar surface area (TPSA) is 42.2 Å². The van der Waals surface area contributed by atoms with Gasteiger partial charge in [-0.05, 0) is 6.92 Å². The largest absolute Gasteiger partial charge is 0.370 e. The molecule has 1 N–H and O–H groups in total. The summed E-state index contributed by atoms with van der Waals surface area (Å²) < 4.78 is 1.95. The second-order valence-corrected chi connectivity index (χ2v) is 2.64. The molecule has 0 radical (unpaired) electrons. The van der Waals surface area contributed by atoms with Crippen molar-refractivity contribution < 1.29 is 0 Å². The first kappa shape index (κ1) is 7.09. The highest BCUT2D eigenvalue weighted by molar-refractivity contribution is 5.62. The molecule has 62 valence electrons. The maximum absolute atomic E-state index is 4.30. The maximum Gasteiger partial charge on any atom is 0.180 e. The van der Waals surface area contributed by atoms with Crippen LogP contribution < -0.4 is 5.32 Å². The predicted molar refractivity (Wildman–Crippen MR) is 47.3 cm³/mol. The first-order valence-corrected chi connectivity index (χ1v) is 3.79. The van der Waals surface area contributed by atoms with Gasteiger partial charge in [0.05, 0.1) is 5.69 Å². The number of nitrogens with one attached hydrogen (secondary N) is 1. The Hall–Kier alpha value is -1.58. The van der Waals surface area contributed by atoms with Crippen molar-refractivity contribution in [2.75, 3.05) is 12.4 Å². The smallest absolute Gasteiger partial charge is 0.180 e. The van der Waals surface area contributed by atoms with Gasteiger partial charge in [-0.1, -0.05) is 0 Å². The van der Waals surface area contributed by atoms with Gasteiger partial charge in [0.2, 0.25) is 0 Å². The molecule has 2 heterocycles. The van der Waals surface area contributed by atoms with Crippen molar-refractivity contribution in [1.82, 2.24) is 14.4 Å². The number of fused-ring (bicyclic) bond motifs is 1. The highest BCUT2D eigenvalue weighted by Crippen LogP contribution is 2.11. The van der Waals surface area contributed by atoms with E-state index in [2.05, 4.69) is 15.3 Å². The molecular formula is C8H10N4. The van der Waals surface area contributed by atoms with Crippen LogP contribution in [0.5, 0.6) is 0 Å². The fourth-order valence-electron chi connectivity index (χ4n) is 1.22. The lowest BCUT2D eigenvalue weighted by molar-refractivity contribution is 1.07. The molecule has 2 aromatic heterocycles. The predicted octanol–water partition coefficient (Wildman–Crippen LogP) is 1.08. The SMILES string of the molecule is CNc1nc(C)cn2ccnc12. The number of hydrogen-bond acceptors (Lipinski definition) is 3. The standard InChI is InChI=1S/C8H10N4/c1-6-5-12-4-3-10-8(12)7(9-2)11-6/h3-5H,1-2H3,(H,9,11). The summed E-state index contributed by atoms with van der Waals surface area (Å²) in [5.41, 5.74) is 1.84. The minimum atomic E-state index is 0.819. The number of rotatable bonds is 1. The van der Waals surface area contributed by atoms with E-state index in [9.17, 15) is 0 Å². The van der Waals surface area contributed by atoms with Crippen molar-refractivity contribution >= 4 is 11.5 Å². The molecule has 4 nitrogen and oxygen atoms in total. The molecule has 12 heavy (non-hydrogen) atoms. The van der Waals surface area contributed by atoms with Crippen LogP contribution in [0.4, 0.5) is 5.82 Å². The minimum Gasteiger partial charge on any atom is -0.370 e. The van der Waals surface area contributed by atoms with Gasteiger partial charge in [-0.3, -0.25) is 0 Å². The summed E-state index contributed by atoms with van der Waals surface area (Å²) in [6.45, 7) is 1.96. The molecule has 4 heteroatoms. The average Bonchev–Trinajstić information content (AvgIpc) is 2.50. The monoisotopic (exact) mass is 162 g/mol. The van der Waals surface area contributed by atoms with Crippen LogP contribution in [0.3, 0.4) is 0 Å². The molecule has 0 amide bonds. The lowest BCUT2D eigenvalue weighted by Gasteiger charge is -2.02. The van der Waals surface area contributed by atoms with E-state index >= 15 is 0 Å². The molecule has 0 aliphatic rings.